The molecule has 0 spiro atoms. The number of hydrogen-bond donors (Lipinski definition) is 2. The lowest BCUT2D eigenvalue weighted by molar-refractivity contribution is 0.0156. The maximum atomic E-state index is 14.0. The molecule has 18 heavy (non-hydrogen) atoms. The molecule has 0 radical (unpaired) electrons. The van der Waals surface area contributed by atoms with Crippen LogP contribution in [0.4, 0.5) is 4.39 Å². The Hall–Kier alpha value is -1.42. The number of nitrogens with one attached hydrogen (secondary N) is 1. The Bertz CT molecular complexity index is 428. The number of rotatable bonds is 4. The monoisotopic (exact) mass is 250 g/mol. The minimum absolute atomic E-state index is 0.153. The van der Waals surface area contributed by atoms with Crippen molar-refractivity contribution in [1.82, 2.24) is 0 Å². The molecule has 0 saturated heterocycles. The van der Waals surface area contributed by atoms with Crippen molar-refractivity contribution in [3.8, 4) is 0 Å². The van der Waals surface area contributed by atoms with Gasteiger partial charge in [0.1, 0.15) is 11.7 Å². The molecule has 0 bridgehead atoms. The largest absolute Gasteiger partial charge is 0.384 e. The molecule has 0 aromatic heterocycles. The zero-order valence-corrected chi connectivity index (χ0v) is 10.4. The molecule has 0 atom stereocenters. The average molecular weight is 250 g/mol. The van der Waals surface area contributed by atoms with Crippen LogP contribution in [0.25, 0.3) is 0 Å². The summed E-state index contributed by atoms with van der Waals surface area (Å²) in [5.74, 6) is -0.673. The quantitative estimate of drug-likeness (QED) is 0.637. The van der Waals surface area contributed by atoms with Gasteiger partial charge in [-0.3, -0.25) is 5.41 Å². The van der Waals surface area contributed by atoms with Crippen molar-refractivity contribution in [1.29, 1.82) is 5.41 Å². The lowest BCUT2D eigenvalue weighted by Gasteiger charge is -2.22. The molecule has 1 aromatic rings. The first-order chi connectivity index (χ1) is 8.68. The summed E-state index contributed by atoms with van der Waals surface area (Å²) in [6, 6.07) is 4.91. The molecule has 2 rings (SSSR count). The molecular formula is C14H19FN2O. The summed E-state index contributed by atoms with van der Waals surface area (Å²) in [5.41, 5.74) is 5.96. The lowest BCUT2D eigenvalue weighted by atomic mass is 9.98. The summed E-state index contributed by atoms with van der Waals surface area (Å²) >= 11 is 0. The van der Waals surface area contributed by atoms with Gasteiger partial charge in [0.25, 0.3) is 0 Å². The second-order valence-corrected chi connectivity index (χ2v) is 4.76. The Kier molecular flexibility index (Phi) is 4.31. The first-order valence-electron chi connectivity index (χ1n) is 6.42. The molecule has 1 fully saturated rings. The molecule has 0 aliphatic heterocycles. The summed E-state index contributed by atoms with van der Waals surface area (Å²) in [6.45, 7) is 0.262. The van der Waals surface area contributed by atoms with Crippen LogP contribution in [0.3, 0.4) is 0 Å². The molecule has 1 aliphatic rings. The van der Waals surface area contributed by atoms with Crippen molar-refractivity contribution in [3.63, 3.8) is 0 Å². The highest BCUT2D eigenvalue weighted by Gasteiger charge is 2.15. The molecule has 1 aliphatic carbocycles. The molecule has 1 aromatic carbocycles. The molecular weight excluding hydrogens is 231 g/mol. The maximum absolute atomic E-state index is 14.0. The van der Waals surface area contributed by atoms with E-state index in [1.54, 1.807) is 12.1 Å². The molecule has 98 valence electrons. The van der Waals surface area contributed by atoms with Crippen LogP contribution in [-0.4, -0.2) is 11.9 Å². The number of nitrogens with two attached hydrogens (primary N) is 1. The van der Waals surface area contributed by atoms with Crippen molar-refractivity contribution >= 4 is 5.84 Å². The van der Waals surface area contributed by atoms with Crippen LogP contribution in [0.1, 0.15) is 43.2 Å². The fourth-order valence-corrected chi connectivity index (χ4v) is 2.34. The Morgan fingerprint density at radius 3 is 2.72 bits per heavy atom. The van der Waals surface area contributed by atoms with Crippen molar-refractivity contribution < 1.29 is 9.13 Å². The van der Waals surface area contributed by atoms with E-state index >= 15 is 0 Å². The first kappa shape index (κ1) is 13.0. The van der Waals surface area contributed by atoms with E-state index in [4.69, 9.17) is 15.9 Å². The summed E-state index contributed by atoms with van der Waals surface area (Å²) in [5, 5.41) is 7.30. The van der Waals surface area contributed by atoms with Crippen LogP contribution in [0.5, 0.6) is 0 Å². The number of benzene rings is 1. The van der Waals surface area contributed by atoms with E-state index in [2.05, 4.69) is 0 Å². The van der Waals surface area contributed by atoms with E-state index in [0.29, 0.717) is 5.56 Å². The van der Waals surface area contributed by atoms with Gasteiger partial charge in [0.15, 0.2) is 0 Å². The summed E-state index contributed by atoms with van der Waals surface area (Å²) in [4.78, 5) is 0. The van der Waals surface area contributed by atoms with Gasteiger partial charge in [-0.05, 0) is 18.9 Å². The molecule has 0 unspecified atom stereocenters. The zero-order valence-electron chi connectivity index (χ0n) is 10.4. The Morgan fingerprint density at radius 1 is 1.33 bits per heavy atom. The van der Waals surface area contributed by atoms with Gasteiger partial charge in [-0.15, -0.1) is 0 Å². The number of halogens is 1. The second kappa shape index (κ2) is 5.96. The van der Waals surface area contributed by atoms with Gasteiger partial charge in [0.2, 0.25) is 0 Å². The molecule has 4 heteroatoms. The summed E-state index contributed by atoms with van der Waals surface area (Å²) in [7, 11) is 0. The fraction of sp³-hybridized carbons (Fsp3) is 0.500. The molecule has 3 N–H and O–H groups in total. The third kappa shape index (κ3) is 3.07. The smallest absolute Gasteiger partial charge is 0.139 e. The zero-order chi connectivity index (χ0) is 13.0. The highest BCUT2D eigenvalue weighted by atomic mass is 19.1. The van der Waals surface area contributed by atoms with E-state index in [1.807, 2.05) is 0 Å². The first-order valence-corrected chi connectivity index (χ1v) is 6.42. The normalized spacial score (nSPS) is 16.7. The minimum Gasteiger partial charge on any atom is -0.384 e. The van der Waals surface area contributed by atoms with Gasteiger partial charge >= 0.3 is 0 Å². The van der Waals surface area contributed by atoms with Crippen LogP contribution in [-0.2, 0) is 11.3 Å². The number of ether oxygens (including phenoxy) is 1. The molecule has 0 amide bonds. The van der Waals surface area contributed by atoms with E-state index < -0.39 is 5.82 Å². The standard InChI is InChI=1S/C14H19FN2O/c15-13-10(5-4-8-12(13)14(16)17)9-18-11-6-2-1-3-7-11/h4-5,8,11H,1-3,6-7,9H2,(H3,16,17). The highest BCUT2D eigenvalue weighted by Crippen LogP contribution is 2.22. The summed E-state index contributed by atoms with van der Waals surface area (Å²) < 4.78 is 19.7. The van der Waals surface area contributed by atoms with Gasteiger partial charge in [-0.25, -0.2) is 4.39 Å². The Balaban J connectivity index is 2.00. The molecule has 1 saturated carbocycles. The Morgan fingerprint density at radius 2 is 2.06 bits per heavy atom. The summed E-state index contributed by atoms with van der Waals surface area (Å²) in [6.07, 6.45) is 6.04. The van der Waals surface area contributed by atoms with E-state index in [0.717, 1.165) is 12.8 Å². The molecule has 0 heterocycles. The average Bonchev–Trinajstić information content (AvgIpc) is 2.38. The second-order valence-electron chi connectivity index (χ2n) is 4.76. The SMILES string of the molecule is N=C(N)c1cccc(COC2CCCCC2)c1F. The Labute approximate surface area is 107 Å². The lowest BCUT2D eigenvalue weighted by Crippen LogP contribution is -2.18. The topological polar surface area (TPSA) is 59.1 Å². The van der Waals surface area contributed by atoms with Crippen LogP contribution < -0.4 is 5.73 Å². The van der Waals surface area contributed by atoms with Crippen LogP contribution in [0.15, 0.2) is 18.2 Å². The van der Waals surface area contributed by atoms with E-state index in [-0.39, 0.29) is 24.1 Å². The third-order valence-corrected chi connectivity index (χ3v) is 3.40. The highest BCUT2D eigenvalue weighted by molar-refractivity contribution is 5.95. The van der Waals surface area contributed by atoms with E-state index in [9.17, 15) is 4.39 Å². The maximum Gasteiger partial charge on any atom is 0.139 e. The third-order valence-electron chi connectivity index (χ3n) is 3.40. The van der Waals surface area contributed by atoms with Crippen LogP contribution in [0.2, 0.25) is 0 Å². The van der Waals surface area contributed by atoms with Crippen molar-refractivity contribution in [2.45, 2.75) is 44.8 Å². The van der Waals surface area contributed by atoms with Gasteiger partial charge in [0, 0.05) is 5.56 Å². The van der Waals surface area contributed by atoms with Crippen LogP contribution >= 0.6 is 0 Å². The van der Waals surface area contributed by atoms with Crippen LogP contribution in [0, 0.1) is 11.2 Å². The fourth-order valence-electron chi connectivity index (χ4n) is 2.34. The van der Waals surface area contributed by atoms with Gasteiger partial charge in [0.05, 0.1) is 18.3 Å². The molecule has 3 nitrogen and oxygen atoms in total. The van der Waals surface area contributed by atoms with Gasteiger partial charge in [-0.2, -0.15) is 0 Å². The van der Waals surface area contributed by atoms with Crippen molar-refractivity contribution in [3.05, 3.63) is 35.1 Å². The predicted octanol–water partition coefficient (Wildman–Crippen LogP) is 2.96. The minimum atomic E-state index is -0.430. The predicted molar refractivity (Wildman–Crippen MR) is 69.1 cm³/mol. The number of hydrogen-bond acceptors (Lipinski definition) is 2. The van der Waals surface area contributed by atoms with Crippen molar-refractivity contribution in [2.75, 3.05) is 0 Å². The van der Waals surface area contributed by atoms with Crippen molar-refractivity contribution in [2.24, 2.45) is 5.73 Å². The van der Waals surface area contributed by atoms with Gasteiger partial charge < -0.3 is 10.5 Å². The van der Waals surface area contributed by atoms with Gasteiger partial charge in [-0.1, -0.05) is 31.4 Å². The number of nitrogen functional groups attached to an aromatic ring is 1. The number of amidine groups is 1. The van der Waals surface area contributed by atoms with E-state index in [1.165, 1.54) is 25.3 Å².